The third-order valence-corrected chi connectivity index (χ3v) is 3.29. The molecule has 5 heteroatoms. The summed E-state index contributed by atoms with van der Waals surface area (Å²) < 4.78 is 0. The predicted octanol–water partition coefficient (Wildman–Crippen LogP) is 1.75. The largest absolute Gasteiger partial charge is 0.481 e. The van der Waals surface area contributed by atoms with Crippen LogP contribution in [-0.2, 0) is 4.79 Å². The van der Waals surface area contributed by atoms with E-state index < -0.39 is 11.9 Å². The molecule has 5 nitrogen and oxygen atoms in total. The second-order valence-electron chi connectivity index (χ2n) is 4.51. The molecule has 0 aromatic heterocycles. The lowest BCUT2D eigenvalue weighted by molar-refractivity contribution is -0.138. The van der Waals surface area contributed by atoms with Crippen LogP contribution in [0.15, 0.2) is 24.3 Å². The summed E-state index contributed by atoms with van der Waals surface area (Å²) in [5.41, 5.74) is 1.55. The lowest BCUT2D eigenvalue weighted by Gasteiger charge is -2.17. The van der Waals surface area contributed by atoms with E-state index in [1.807, 2.05) is 0 Å². The highest BCUT2D eigenvalue weighted by molar-refractivity contribution is 5.94. The van der Waals surface area contributed by atoms with E-state index in [4.69, 9.17) is 5.11 Å². The molecule has 2 amide bonds. The maximum Gasteiger partial charge on any atom is 0.324 e. The van der Waals surface area contributed by atoms with Crippen molar-refractivity contribution in [2.24, 2.45) is 0 Å². The molecule has 1 N–H and O–H groups in total. The number of aliphatic carboxylic acids is 1. The molecule has 1 aliphatic heterocycles. The van der Waals surface area contributed by atoms with Crippen LogP contribution in [0.3, 0.4) is 0 Å². The highest BCUT2D eigenvalue weighted by Gasteiger charge is 2.26. The lowest BCUT2D eigenvalue weighted by atomic mass is 10.0. The number of anilines is 1. The first-order chi connectivity index (χ1) is 8.50. The van der Waals surface area contributed by atoms with Crippen molar-refractivity contribution >= 4 is 17.7 Å². The van der Waals surface area contributed by atoms with Crippen LogP contribution < -0.4 is 4.90 Å². The number of urea groups is 1. The van der Waals surface area contributed by atoms with Gasteiger partial charge in [-0.1, -0.05) is 12.1 Å². The number of amides is 2. The molecule has 1 heterocycles. The van der Waals surface area contributed by atoms with Crippen LogP contribution in [-0.4, -0.2) is 42.1 Å². The van der Waals surface area contributed by atoms with Gasteiger partial charge in [0.25, 0.3) is 0 Å². The number of carboxylic acid groups (broad SMARTS) is 1. The third-order valence-electron chi connectivity index (χ3n) is 3.29. The van der Waals surface area contributed by atoms with Crippen LogP contribution >= 0.6 is 0 Å². The molecule has 96 valence electrons. The number of carbonyl (C=O) groups excluding carboxylic acids is 1. The van der Waals surface area contributed by atoms with Crippen molar-refractivity contribution in [1.82, 2.24) is 4.90 Å². The monoisotopic (exact) mass is 248 g/mol. The number of hydrogen-bond acceptors (Lipinski definition) is 2. The molecule has 1 fully saturated rings. The van der Waals surface area contributed by atoms with Crippen molar-refractivity contribution in [3.05, 3.63) is 29.8 Å². The molecular weight excluding hydrogens is 232 g/mol. The molecule has 0 radical (unpaired) electrons. The van der Waals surface area contributed by atoms with Crippen molar-refractivity contribution in [2.45, 2.75) is 12.8 Å². The number of carbonyl (C=O) groups is 2. The SMILES string of the molecule is CC(C(=O)O)c1ccc(N2CCN(C)C2=O)cc1. The standard InChI is InChI=1S/C13H16N2O3/c1-9(12(16)17)10-3-5-11(6-4-10)15-8-7-14(2)13(15)18/h3-6,9H,7-8H2,1-2H3,(H,16,17). The minimum Gasteiger partial charge on any atom is -0.481 e. The Morgan fingerprint density at radius 3 is 2.33 bits per heavy atom. The van der Waals surface area contributed by atoms with Gasteiger partial charge in [-0.05, 0) is 24.6 Å². The Hall–Kier alpha value is -2.04. The normalized spacial score (nSPS) is 17.1. The predicted molar refractivity (Wildman–Crippen MR) is 67.9 cm³/mol. The van der Waals surface area contributed by atoms with Gasteiger partial charge >= 0.3 is 12.0 Å². The van der Waals surface area contributed by atoms with E-state index in [0.717, 1.165) is 11.3 Å². The van der Waals surface area contributed by atoms with E-state index in [1.165, 1.54) is 0 Å². The van der Waals surface area contributed by atoms with Crippen molar-refractivity contribution in [1.29, 1.82) is 0 Å². The number of nitrogens with zero attached hydrogens (tertiary/aromatic N) is 2. The zero-order valence-corrected chi connectivity index (χ0v) is 10.5. The van der Waals surface area contributed by atoms with Crippen molar-refractivity contribution in [3.63, 3.8) is 0 Å². The van der Waals surface area contributed by atoms with Gasteiger partial charge in [-0.15, -0.1) is 0 Å². The first kappa shape index (κ1) is 12.4. The van der Waals surface area contributed by atoms with Gasteiger partial charge in [0.15, 0.2) is 0 Å². The van der Waals surface area contributed by atoms with Crippen LogP contribution in [0.2, 0.25) is 0 Å². The molecule has 1 atom stereocenters. The maximum atomic E-state index is 11.8. The highest BCUT2D eigenvalue weighted by Crippen LogP contribution is 2.23. The van der Waals surface area contributed by atoms with Gasteiger partial charge in [0.1, 0.15) is 0 Å². The molecule has 2 rings (SSSR count). The Morgan fingerprint density at radius 1 is 1.28 bits per heavy atom. The van der Waals surface area contributed by atoms with Crippen molar-refractivity contribution in [3.8, 4) is 0 Å². The van der Waals surface area contributed by atoms with Crippen LogP contribution in [0.4, 0.5) is 10.5 Å². The molecule has 0 aliphatic carbocycles. The van der Waals surface area contributed by atoms with Gasteiger partial charge < -0.3 is 10.0 Å². The Kier molecular flexibility index (Phi) is 3.23. The number of rotatable bonds is 3. The van der Waals surface area contributed by atoms with Gasteiger partial charge in [0.2, 0.25) is 0 Å². The summed E-state index contributed by atoms with van der Waals surface area (Å²) in [6.07, 6.45) is 0. The Balaban J connectivity index is 2.18. The zero-order valence-electron chi connectivity index (χ0n) is 10.5. The molecule has 0 bridgehead atoms. The fourth-order valence-electron chi connectivity index (χ4n) is 1.97. The smallest absolute Gasteiger partial charge is 0.324 e. The van der Waals surface area contributed by atoms with Crippen LogP contribution in [0.1, 0.15) is 18.4 Å². The molecule has 1 aliphatic rings. The average Bonchev–Trinajstić information content (AvgIpc) is 2.69. The fourth-order valence-corrected chi connectivity index (χ4v) is 1.97. The van der Waals surface area contributed by atoms with E-state index in [2.05, 4.69) is 0 Å². The summed E-state index contributed by atoms with van der Waals surface area (Å²) >= 11 is 0. The van der Waals surface area contributed by atoms with Gasteiger partial charge in [-0.3, -0.25) is 9.69 Å². The highest BCUT2D eigenvalue weighted by atomic mass is 16.4. The van der Waals surface area contributed by atoms with Gasteiger partial charge in [-0.2, -0.15) is 0 Å². The quantitative estimate of drug-likeness (QED) is 0.886. The molecule has 18 heavy (non-hydrogen) atoms. The molecule has 0 saturated carbocycles. The maximum absolute atomic E-state index is 11.8. The first-order valence-electron chi connectivity index (χ1n) is 5.86. The third kappa shape index (κ3) is 2.16. The molecule has 1 unspecified atom stereocenters. The summed E-state index contributed by atoms with van der Waals surface area (Å²) in [4.78, 5) is 26.0. The summed E-state index contributed by atoms with van der Waals surface area (Å²) in [6, 6.07) is 7.10. The lowest BCUT2D eigenvalue weighted by Crippen LogP contribution is -2.29. The first-order valence-corrected chi connectivity index (χ1v) is 5.86. The van der Waals surface area contributed by atoms with Crippen LogP contribution in [0.5, 0.6) is 0 Å². The fraction of sp³-hybridized carbons (Fsp3) is 0.385. The minimum absolute atomic E-state index is 0.0194. The second kappa shape index (κ2) is 4.68. The number of benzene rings is 1. The van der Waals surface area contributed by atoms with Gasteiger partial charge in [-0.25, -0.2) is 4.79 Å². The number of carboxylic acids is 1. The van der Waals surface area contributed by atoms with Gasteiger partial charge in [0, 0.05) is 25.8 Å². The summed E-state index contributed by atoms with van der Waals surface area (Å²) in [7, 11) is 1.77. The second-order valence-corrected chi connectivity index (χ2v) is 4.51. The molecule has 0 spiro atoms. The summed E-state index contributed by atoms with van der Waals surface area (Å²) in [5.74, 6) is -1.38. The van der Waals surface area contributed by atoms with E-state index >= 15 is 0 Å². The molecule has 1 aromatic rings. The van der Waals surface area contributed by atoms with Crippen molar-refractivity contribution in [2.75, 3.05) is 25.0 Å². The molecular formula is C13H16N2O3. The van der Waals surface area contributed by atoms with E-state index in [-0.39, 0.29) is 6.03 Å². The van der Waals surface area contributed by atoms with Gasteiger partial charge in [0.05, 0.1) is 5.92 Å². The van der Waals surface area contributed by atoms with E-state index in [9.17, 15) is 9.59 Å². The number of hydrogen-bond donors (Lipinski definition) is 1. The van der Waals surface area contributed by atoms with Crippen LogP contribution in [0.25, 0.3) is 0 Å². The zero-order chi connectivity index (χ0) is 13.3. The summed E-state index contributed by atoms with van der Waals surface area (Å²) in [5, 5.41) is 8.92. The molecule has 1 aromatic carbocycles. The Bertz CT molecular complexity index is 470. The summed E-state index contributed by atoms with van der Waals surface area (Å²) in [6.45, 7) is 3.03. The van der Waals surface area contributed by atoms with Crippen molar-refractivity contribution < 1.29 is 14.7 Å². The topological polar surface area (TPSA) is 60.9 Å². The Morgan fingerprint density at radius 2 is 1.89 bits per heavy atom. The number of likely N-dealkylation sites (N-methyl/N-ethyl adjacent to an activating group) is 1. The van der Waals surface area contributed by atoms with E-state index in [0.29, 0.717) is 13.1 Å². The molecule has 1 saturated heterocycles. The van der Waals surface area contributed by atoms with Crippen LogP contribution in [0, 0.1) is 0 Å². The Labute approximate surface area is 106 Å². The minimum atomic E-state index is -0.847. The average molecular weight is 248 g/mol. The van der Waals surface area contributed by atoms with E-state index in [1.54, 1.807) is 48.0 Å².